The maximum atomic E-state index is 13.0. The molecule has 0 aliphatic heterocycles. The molecule has 0 aliphatic rings. The van der Waals surface area contributed by atoms with E-state index in [2.05, 4.69) is 0 Å². The zero-order valence-corrected chi connectivity index (χ0v) is 14.7. The molecule has 0 aromatic heterocycles. The third kappa shape index (κ3) is 2.83. The molecular weight excluding hydrogens is 322 g/mol. The van der Waals surface area contributed by atoms with Crippen LogP contribution in [0.15, 0.2) is 65.6 Å². The van der Waals surface area contributed by atoms with Crippen LogP contribution in [0.1, 0.15) is 5.56 Å². The Bertz CT molecular complexity index is 996. The average Bonchev–Trinajstić information content (AvgIpc) is 2.60. The van der Waals surface area contributed by atoms with Crippen LogP contribution < -0.4 is 9.04 Å². The highest BCUT2D eigenvalue weighted by Gasteiger charge is 2.24. The van der Waals surface area contributed by atoms with E-state index in [1.54, 1.807) is 31.3 Å². The Morgan fingerprint density at radius 3 is 2.33 bits per heavy atom. The fourth-order valence-corrected chi connectivity index (χ4v) is 3.90. The number of hydrogen-bond donors (Lipinski definition) is 0. The van der Waals surface area contributed by atoms with Gasteiger partial charge in [0.1, 0.15) is 5.75 Å². The molecule has 24 heavy (non-hydrogen) atoms. The molecule has 4 nitrogen and oxygen atoms in total. The van der Waals surface area contributed by atoms with Crippen molar-refractivity contribution in [3.8, 4) is 5.75 Å². The van der Waals surface area contributed by atoms with Crippen molar-refractivity contribution in [3.63, 3.8) is 0 Å². The van der Waals surface area contributed by atoms with E-state index in [0.717, 1.165) is 16.3 Å². The van der Waals surface area contributed by atoms with E-state index in [9.17, 15) is 8.42 Å². The van der Waals surface area contributed by atoms with Crippen LogP contribution >= 0.6 is 0 Å². The number of methoxy groups -OCH3 is 1. The van der Waals surface area contributed by atoms with Crippen LogP contribution in [0.3, 0.4) is 0 Å². The molecule has 124 valence electrons. The predicted octanol–water partition coefficient (Wildman–Crippen LogP) is 3.98. The minimum absolute atomic E-state index is 0.257. The molecule has 0 fully saturated rings. The van der Waals surface area contributed by atoms with E-state index >= 15 is 0 Å². The number of ether oxygens (including phenoxy) is 1. The number of sulfonamides is 1. The molecule has 0 atom stereocenters. The number of aryl methyl sites for hydroxylation is 1. The van der Waals surface area contributed by atoms with Gasteiger partial charge in [-0.05, 0) is 47.5 Å². The van der Waals surface area contributed by atoms with Crippen molar-refractivity contribution in [2.75, 3.05) is 18.5 Å². The van der Waals surface area contributed by atoms with E-state index in [4.69, 9.17) is 4.74 Å². The molecule has 0 heterocycles. The van der Waals surface area contributed by atoms with Crippen molar-refractivity contribution in [3.05, 3.63) is 66.2 Å². The summed E-state index contributed by atoms with van der Waals surface area (Å²) < 4.78 is 32.6. The minimum atomic E-state index is -3.68. The first-order valence-electron chi connectivity index (χ1n) is 7.56. The Morgan fingerprint density at radius 1 is 0.917 bits per heavy atom. The van der Waals surface area contributed by atoms with Crippen LogP contribution in [0.2, 0.25) is 0 Å². The van der Waals surface area contributed by atoms with Gasteiger partial charge in [-0.1, -0.05) is 36.4 Å². The largest absolute Gasteiger partial charge is 0.495 e. The van der Waals surface area contributed by atoms with Crippen molar-refractivity contribution in [2.24, 2.45) is 0 Å². The lowest BCUT2D eigenvalue weighted by Crippen LogP contribution is -2.27. The Hall–Kier alpha value is -2.53. The van der Waals surface area contributed by atoms with Crippen LogP contribution in [0.25, 0.3) is 10.8 Å². The number of rotatable bonds is 4. The quantitative estimate of drug-likeness (QED) is 0.721. The van der Waals surface area contributed by atoms with Gasteiger partial charge in [-0.25, -0.2) is 8.42 Å². The van der Waals surface area contributed by atoms with E-state index in [0.29, 0.717) is 11.4 Å². The fraction of sp³-hybridized carbons (Fsp3) is 0.158. The van der Waals surface area contributed by atoms with Crippen molar-refractivity contribution >= 4 is 26.5 Å². The summed E-state index contributed by atoms with van der Waals surface area (Å²) in [6, 6.07) is 18.3. The SMILES string of the molecule is COc1ccc(C)cc1N(C)S(=O)(=O)c1ccc2ccccc2c1. The van der Waals surface area contributed by atoms with Gasteiger partial charge in [0.15, 0.2) is 0 Å². The van der Waals surface area contributed by atoms with Crippen molar-refractivity contribution in [1.82, 2.24) is 0 Å². The number of benzene rings is 3. The molecule has 5 heteroatoms. The zero-order chi connectivity index (χ0) is 17.3. The van der Waals surface area contributed by atoms with Gasteiger partial charge in [-0.3, -0.25) is 4.31 Å². The number of fused-ring (bicyclic) bond motifs is 1. The predicted molar refractivity (Wildman–Crippen MR) is 97.3 cm³/mol. The summed E-state index contributed by atoms with van der Waals surface area (Å²) in [5.74, 6) is 0.521. The van der Waals surface area contributed by atoms with Crippen LogP contribution in [0, 0.1) is 6.92 Å². The molecule has 3 aromatic rings. The summed E-state index contributed by atoms with van der Waals surface area (Å²) in [4.78, 5) is 0.257. The Labute approximate surface area is 142 Å². The summed E-state index contributed by atoms with van der Waals surface area (Å²) >= 11 is 0. The summed E-state index contributed by atoms with van der Waals surface area (Å²) in [5, 5.41) is 1.90. The Balaban J connectivity index is 2.10. The van der Waals surface area contributed by atoms with Gasteiger partial charge in [0, 0.05) is 7.05 Å². The second kappa shape index (κ2) is 6.17. The van der Waals surface area contributed by atoms with Crippen molar-refractivity contribution < 1.29 is 13.2 Å². The molecule has 0 amide bonds. The number of nitrogens with zero attached hydrogens (tertiary/aromatic N) is 1. The van der Waals surface area contributed by atoms with Gasteiger partial charge in [0.25, 0.3) is 10.0 Å². The Morgan fingerprint density at radius 2 is 1.62 bits per heavy atom. The highest BCUT2D eigenvalue weighted by atomic mass is 32.2. The molecule has 0 spiro atoms. The molecule has 0 aliphatic carbocycles. The monoisotopic (exact) mass is 341 g/mol. The highest BCUT2D eigenvalue weighted by Crippen LogP contribution is 2.32. The van der Waals surface area contributed by atoms with Crippen LogP contribution in [0.4, 0.5) is 5.69 Å². The average molecular weight is 341 g/mol. The maximum Gasteiger partial charge on any atom is 0.264 e. The first-order valence-corrected chi connectivity index (χ1v) is 9.00. The van der Waals surface area contributed by atoms with Gasteiger partial charge in [-0.15, -0.1) is 0 Å². The van der Waals surface area contributed by atoms with Gasteiger partial charge in [0.05, 0.1) is 17.7 Å². The van der Waals surface area contributed by atoms with Crippen LogP contribution in [-0.4, -0.2) is 22.6 Å². The van der Waals surface area contributed by atoms with Crippen molar-refractivity contribution in [1.29, 1.82) is 0 Å². The lowest BCUT2D eigenvalue weighted by Gasteiger charge is -2.22. The lowest BCUT2D eigenvalue weighted by atomic mass is 10.1. The molecule has 0 bridgehead atoms. The highest BCUT2D eigenvalue weighted by molar-refractivity contribution is 7.92. The van der Waals surface area contributed by atoms with Gasteiger partial charge < -0.3 is 4.74 Å². The molecule has 0 radical (unpaired) electrons. The summed E-state index contributed by atoms with van der Waals surface area (Å²) in [7, 11) is -0.604. The summed E-state index contributed by atoms with van der Waals surface area (Å²) in [6.07, 6.45) is 0. The minimum Gasteiger partial charge on any atom is -0.495 e. The lowest BCUT2D eigenvalue weighted by molar-refractivity contribution is 0.415. The molecule has 0 saturated heterocycles. The smallest absolute Gasteiger partial charge is 0.264 e. The van der Waals surface area contributed by atoms with Crippen LogP contribution in [-0.2, 0) is 10.0 Å². The maximum absolute atomic E-state index is 13.0. The fourth-order valence-electron chi connectivity index (χ4n) is 2.66. The van der Waals surface area contributed by atoms with E-state index in [1.807, 2.05) is 43.3 Å². The third-order valence-corrected chi connectivity index (χ3v) is 5.82. The van der Waals surface area contributed by atoms with Gasteiger partial charge >= 0.3 is 0 Å². The molecule has 0 unspecified atom stereocenters. The van der Waals surface area contributed by atoms with E-state index in [-0.39, 0.29) is 4.90 Å². The second-order valence-electron chi connectivity index (χ2n) is 5.66. The number of hydrogen-bond acceptors (Lipinski definition) is 3. The van der Waals surface area contributed by atoms with Crippen molar-refractivity contribution in [2.45, 2.75) is 11.8 Å². The molecule has 3 rings (SSSR count). The van der Waals surface area contributed by atoms with E-state index < -0.39 is 10.0 Å². The molecular formula is C19H19NO3S. The standard InChI is InChI=1S/C19H19NO3S/c1-14-8-11-19(23-3)18(12-14)20(2)24(21,22)17-10-9-15-6-4-5-7-16(15)13-17/h4-13H,1-3H3. The molecule has 0 N–H and O–H groups in total. The number of anilines is 1. The van der Waals surface area contributed by atoms with E-state index in [1.165, 1.54) is 11.4 Å². The first-order chi connectivity index (χ1) is 11.4. The topological polar surface area (TPSA) is 46.6 Å². The van der Waals surface area contributed by atoms with Gasteiger partial charge in [-0.2, -0.15) is 0 Å². The summed E-state index contributed by atoms with van der Waals surface area (Å²) in [5.41, 5.74) is 1.48. The van der Waals surface area contributed by atoms with Gasteiger partial charge in [0.2, 0.25) is 0 Å². The normalized spacial score (nSPS) is 11.5. The zero-order valence-electron chi connectivity index (χ0n) is 13.9. The molecule has 3 aromatic carbocycles. The first kappa shape index (κ1) is 16.3. The second-order valence-corrected chi connectivity index (χ2v) is 7.63. The van der Waals surface area contributed by atoms with Crippen LogP contribution in [0.5, 0.6) is 5.75 Å². The summed E-state index contributed by atoms with van der Waals surface area (Å²) in [6.45, 7) is 1.92. The third-order valence-electron chi connectivity index (χ3n) is 4.05. The molecule has 0 saturated carbocycles. The Kier molecular flexibility index (Phi) is 4.20.